The number of piperidine rings is 1. The quantitative estimate of drug-likeness (QED) is 0.790. The molecule has 0 bridgehead atoms. The second-order valence-electron chi connectivity index (χ2n) is 5.80. The van der Waals surface area contributed by atoms with E-state index in [1.54, 1.807) is 0 Å². The second-order valence-corrected chi connectivity index (χ2v) is 5.80. The summed E-state index contributed by atoms with van der Waals surface area (Å²) in [5.74, 6) is 0.911. The first-order valence-electron chi connectivity index (χ1n) is 7.28. The lowest BCUT2D eigenvalue weighted by atomic mass is 10.0. The Morgan fingerprint density at radius 2 is 1.88 bits per heavy atom. The van der Waals surface area contributed by atoms with Crippen molar-refractivity contribution >= 4 is 0 Å². The number of likely N-dealkylation sites (tertiary alicyclic amines) is 1. The third kappa shape index (κ3) is 3.21. The van der Waals surface area contributed by atoms with Crippen LogP contribution < -0.4 is 5.32 Å². The fourth-order valence-corrected chi connectivity index (χ4v) is 3.34. The Morgan fingerprint density at radius 1 is 1.12 bits per heavy atom. The number of rotatable bonds is 4. The molecule has 1 saturated heterocycles. The van der Waals surface area contributed by atoms with Gasteiger partial charge in [0.15, 0.2) is 0 Å². The first kappa shape index (κ1) is 12.4. The Kier molecular flexibility index (Phi) is 4.66. The molecule has 2 aliphatic rings. The van der Waals surface area contributed by atoms with Gasteiger partial charge in [-0.3, -0.25) is 0 Å². The summed E-state index contributed by atoms with van der Waals surface area (Å²) in [6.45, 7) is 8.62. The molecule has 2 heteroatoms. The molecule has 1 aliphatic heterocycles. The molecular weight excluding hydrogens is 196 g/mol. The van der Waals surface area contributed by atoms with Crippen molar-refractivity contribution in [2.24, 2.45) is 5.92 Å². The highest BCUT2D eigenvalue weighted by molar-refractivity contribution is 4.86. The SMILES string of the molecule is CCCN1CCC(NC2CCCC2C)CC1. The monoisotopic (exact) mass is 224 g/mol. The van der Waals surface area contributed by atoms with E-state index in [2.05, 4.69) is 24.1 Å². The summed E-state index contributed by atoms with van der Waals surface area (Å²) in [7, 11) is 0. The van der Waals surface area contributed by atoms with Crippen LogP contribution in [0.5, 0.6) is 0 Å². The molecule has 0 amide bonds. The van der Waals surface area contributed by atoms with Crippen molar-refractivity contribution in [3.8, 4) is 0 Å². The molecule has 2 atom stereocenters. The van der Waals surface area contributed by atoms with Gasteiger partial charge in [0.25, 0.3) is 0 Å². The van der Waals surface area contributed by atoms with E-state index in [-0.39, 0.29) is 0 Å². The lowest BCUT2D eigenvalue weighted by Crippen LogP contribution is -2.47. The third-order valence-electron chi connectivity index (χ3n) is 4.44. The minimum Gasteiger partial charge on any atom is -0.311 e. The molecule has 0 aromatic rings. The molecule has 2 nitrogen and oxygen atoms in total. The van der Waals surface area contributed by atoms with Crippen molar-refractivity contribution in [2.45, 2.75) is 64.5 Å². The molecule has 94 valence electrons. The fourth-order valence-electron chi connectivity index (χ4n) is 3.34. The van der Waals surface area contributed by atoms with Gasteiger partial charge in [0.2, 0.25) is 0 Å². The van der Waals surface area contributed by atoms with Gasteiger partial charge in [-0.05, 0) is 57.7 Å². The van der Waals surface area contributed by atoms with Gasteiger partial charge in [-0.1, -0.05) is 20.3 Å². The van der Waals surface area contributed by atoms with Crippen LogP contribution in [0.2, 0.25) is 0 Å². The highest BCUT2D eigenvalue weighted by Gasteiger charge is 2.27. The Hall–Kier alpha value is -0.0800. The van der Waals surface area contributed by atoms with E-state index >= 15 is 0 Å². The lowest BCUT2D eigenvalue weighted by molar-refractivity contribution is 0.186. The zero-order valence-electron chi connectivity index (χ0n) is 11.0. The van der Waals surface area contributed by atoms with Crippen LogP contribution in [0, 0.1) is 5.92 Å². The van der Waals surface area contributed by atoms with E-state index in [1.165, 1.54) is 58.2 Å². The van der Waals surface area contributed by atoms with E-state index in [9.17, 15) is 0 Å². The lowest BCUT2D eigenvalue weighted by Gasteiger charge is -2.34. The zero-order chi connectivity index (χ0) is 11.4. The molecule has 2 fully saturated rings. The summed E-state index contributed by atoms with van der Waals surface area (Å²) in [6, 6.07) is 1.63. The molecule has 2 rings (SSSR count). The van der Waals surface area contributed by atoms with Gasteiger partial charge in [0.05, 0.1) is 0 Å². The van der Waals surface area contributed by atoms with Gasteiger partial charge in [-0.15, -0.1) is 0 Å². The molecule has 1 heterocycles. The summed E-state index contributed by atoms with van der Waals surface area (Å²) >= 11 is 0. The van der Waals surface area contributed by atoms with Gasteiger partial charge >= 0.3 is 0 Å². The Balaban J connectivity index is 1.68. The Bertz CT molecular complexity index is 197. The molecule has 16 heavy (non-hydrogen) atoms. The van der Waals surface area contributed by atoms with E-state index in [0.29, 0.717) is 0 Å². The van der Waals surface area contributed by atoms with Gasteiger partial charge in [0, 0.05) is 12.1 Å². The van der Waals surface area contributed by atoms with Gasteiger partial charge < -0.3 is 10.2 Å². The molecule has 1 N–H and O–H groups in total. The summed E-state index contributed by atoms with van der Waals surface area (Å²) < 4.78 is 0. The number of nitrogens with zero attached hydrogens (tertiary/aromatic N) is 1. The first-order valence-corrected chi connectivity index (χ1v) is 7.28. The fraction of sp³-hybridized carbons (Fsp3) is 1.00. The minimum atomic E-state index is 0.804. The summed E-state index contributed by atoms with van der Waals surface area (Å²) in [5.41, 5.74) is 0. The molecule has 2 unspecified atom stereocenters. The first-order chi connectivity index (χ1) is 7.79. The van der Waals surface area contributed by atoms with Crippen molar-refractivity contribution in [3.63, 3.8) is 0 Å². The molecule has 1 saturated carbocycles. The van der Waals surface area contributed by atoms with Gasteiger partial charge in [-0.2, -0.15) is 0 Å². The van der Waals surface area contributed by atoms with Crippen LogP contribution in [0.15, 0.2) is 0 Å². The highest BCUT2D eigenvalue weighted by Crippen LogP contribution is 2.26. The standard InChI is InChI=1S/C14H28N2/c1-3-9-16-10-7-13(8-11-16)15-14-6-4-5-12(14)2/h12-15H,3-11H2,1-2H3. The highest BCUT2D eigenvalue weighted by atomic mass is 15.1. The number of hydrogen-bond donors (Lipinski definition) is 1. The largest absolute Gasteiger partial charge is 0.311 e. The summed E-state index contributed by atoms with van der Waals surface area (Å²) in [5, 5.41) is 3.90. The molecule has 1 aliphatic carbocycles. The number of nitrogens with one attached hydrogen (secondary N) is 1. The van der Waals surface area contributed by atoms with Crippen LogP contribution >= 0.6 is 0 Å². The van der Waals surface area contributed by atoms with E-state index in [0.717, 1.165) is 18.0 Å². The molecular formula is C14H28N2. The zero-order valence-corrected chi connectivity index (χ0v) is 11.0. The minimum absolute atomic E-state index is 0.804. The molecule has 0 radical (unpaired) electrons. The van der Waals surface area contributed by atoms with Crippen LogP contribution in [0.4, 0.5) is 0 Å². The van der Waals surface area contributed by atoms with Crippen molar-refractivity contribution < 1.29 is 0 Å². The van der Waals surface area contributed by atoms with E-state index < -0.39 is 0 Å². The molecule has 0 aromatic carbocycles. The van der Waals surface area contributed by atoms with Crippen molar-refractivity contribution in [1.29, 1.82) is 0 Å². The number of hydrogen-bond acceptors (Lipinski definition) is 2. The smallest absolute Gasteiger partial charge is 0.00953 e. The Morgan fingerprint density at radius 3 is 2.44 bits per heavy atom. The van der Waals surface area contributed by atoms with Crippen LogP contribution in [0.25, 0.3) is 0 Å². The average molecular weight is 224 g/mol. The van der Waals surface area contributed by atoms with Gasteiger partial charge in [0.1, 0.15) is 0 Å². The molecule has 0 spiro atoms. The summed E-state index contributed by atoms with van der Waals surface area (Å²) in [4.78, 5) is 2.62. The van der Waals surface area contributed by atoms with Gasteiger partial charge in [-0.25, -0.2) is 0 Å². The van der Waals surface area contributed by atoms with Crippen LogP contribution in [-0.2, 0) is 0 Å². The van der Waals surface area contributed by atoms with E-state index in [1.807, 2.05) is 0 Å². The maximum absolute atomic E-state index is 3.90. The average Bonchev–Trinajstić information content (AvgIpc) is 2.68. The summed E-state index contributed by atoms with van der Waals surface area (Å²) in [6.07, 6.45) is 8.32. The van der Waals surface area contributed by atoms with E-state index in [4.69, 9.17) is 0 Å². The Labute approximate surface area is 101 Å². The van der Waals surface area contributed by atoms with Crippen molar-refractivity contribution in [2.75, 3.05) is 19.6 Å². The maximum atomic E-state index is 3.90. The predicted octanol–water partition coefficient (Wildman–Crippen LogP) is 2.64. The predicted molar refractivity (Wildman–Crippen MR) is 69.7 cm³/mol. The van der Waals surface area contributed by atoms with Crippen LogP contribution in [0.1, 0.15) is 52.4 Å². The van der Waals surface area contributed by atoms with Crippen molar-refractivity contribution in [1.82, 2.24) is 10.2 Å². The van der Waals surface area contributed by atoms with Crippen LogP contribution in [0.3, 0.4) is 0 Å². The van der Waals surface area contributed by atoms with Crippen molar-refractivity contribution in [3.05, 3.63) is 0 Å². The molecule has 0 aromatic heterocycles. The normalized spacial score (nSPS) is 33.4. The maximum Gasteiger partial charge on any atom is 0.00953 e. The topological polar surface area (TPSA) is 15.3 Å². The second kappa shape index (κ2) is 6.02. The van der Waals surface area contributed by atoms with Crippen LogP contribution in [-0.4, -0.2) is 36.6 Å². The third-order valence-corrected chi connectivity index (χ3v) is 4.44.